The molecule has 0 saturated carbocycles. The van der Waals surface area contributed by atoms with Crippen LogP contribution in [-0.4, -0.2) is 27.1 Å². The number of rotatable bonds is 5. The van der Waals surface area contributed by atoms with Crippen molar-refractivity contribution in [2.75, 3.05) is 0 Å². The zero-order chi connectivity index (χ0) is 24.7. The van der Waals surface area contributed by atoms with Gasteiger partial charge in [0.2, 0.25) is 0 Å². The minimum absolute atomic E-state index is 0.119. The second-order valence-electron chi connectivity index (χ2n) is 7.67. The van der Waals surface area contributed by atoms with E-state index >= 15 is 0 Å². The zero-order valence-corrected chi connectivity index (χ0v) is 19.8. The van der Waals surface area contributed by atoms with Gasteiger partial charge in [-0.3, -0.25) is 15.0 Å². The summed E-state index contributed by atoms with van der Waals surface area (Å²) < 4.78 is 11.5. The Labute approximate surface area is 203 Å². The van der Waals surface area contributed by atoms with Crippen LogP contribution in [0.25, 0.3) is 11.3 Å². The maximum absolute atomic E-state index is 13.1. The van der Waals surface area contributed by atoms with Crippen molar-refractivity contribution in [2.45, 2.75) is 32.9 Å². The van der Waals surface area contributed by atoms with Crippen LogP contribution >= 0.6 is 23.4 Å². The highest BCUT2D eigenvalue weighted by atomic mass is 35.5. The molecule has 0 amide bonds. The monoisotopic (exact) mass is 499 g/mol. The summed E-state index contributed by atoms with van der Waals surface area (Å²) in [6.45, 7) is 5.10. The van der Waals surface area contributed by atoms with E-state index in [2.05, 4.69) is 4.99 Å². The number of hydrogen-bond acceptors (Lipinski definition) is 10. The first-order valence-corrected chi connectivity index (χ1v) is 11.2. The summed E-state index contributed by atoms with van der Waals surface area (Å²) in [7, 11) is 0. The van der Waals surface area contributed by atoms with Crippen molar-refractivity contribution in [1.29, 1.82) is 5.26 Å². The summed E-state index contributed by atoms with van der Waals surface area (Å²) in [6, 6.07) is 8.54. The summed E-state index contributed by atoms with van der Waals surface area (Å²) >= 11 is 7.01. The van der Waals surface area contributed by atoms with E-state index in [-0.39, 0.29) is 44.1 Å². The van der Waals surface area contributed by atoms with Gasteiger partial charge in [0.15, 0.2) is 5.17 Å². The molecule has 174 valence electrons. The lowest BCUT2D eigenvalue weighted by molar-refractivity contribution is -0.384. The molecule has 34 heavy (non-hydrogen) atoms. The lowest BCUT2D eigenvalue weighted by atomic mass is 9.99. The van der Waals surface area contributed by atoms with E-state index in [9.17, 15) is 20.2 Å². The molecule has 1 aromatic carbocycles. The third-order valence-electron chi connectivity index (χ3n) is 5.06. The maximum Gasteiger partial charge on any atom is 0.338 e. The Morgan fingerprint density at radius 1 is 1.41 bits per heavy atom. The van der Waals surface area contributed by atoms with Gasteiger partial charge < -0.3 is 14.9 Å². The minimum atomic E-state index is -0.891. The molecule has 1 aromatic heterocycles. The number of nitro groups is 1. The van der Waals surface area contributed by atoms with Gasteiger partial charge in [0.05, 0.1) is 27.9 Å². The van der Waals surface area contributed by atoms with Crippen LogP contribution < -0.4 is 5.73 Å². The number of nitrogens with two attached hydrogens (primary N) is 1. The molecule has 0 bridgehead atoms. The number of carbonyl (C=O) groups excluding carboxylic acids is 1. The lowest BCUT2D eigenvalue weighted by Crippen LogP contribution is -2.38. The number of carbonyl (C=O) groups is 1. The highest BCUT2D eigenvalue weighted by molar-refractivity contribution is 8.17. The molecule has 2 N–H and O–H groups in total. The van der Waals surface area contributed by atoms with E-state index in [0.29, 0.717) is 10.9 Å². The van der Waals surface area contributed by atoms with Crippen molar-refractivity contribution in [3.63, 3.8) is 0 Å². The smallest absolute Gasteiger partial charge is 0.338 e. The topological polar surface area (TPSA) is 148 Å². The van der Waals surface area contributed by atoms with Crippen molar-refractivity contribution in [3.05, 3.63) is 73.2 Å². The fourth-order valence-corrected chi connectivity index (χ4v) is 4.74. The van der Waals surface area contributed by atoms with Crippen LogP contribution in [0.1, 0.15) is 32.6 Å². The number of aliphatic imine (C=N–C) groups is 1. The number of halogens is 1. The Morgan fingerprint density at radius 3 is 2.79 bits per heavy atom. The van der Waals surface area contributed by atoms with Crippen LogP contribution in [0.5, 0.6) is 0 Å². The van der Waals surface area contributed by atoms with E-state index in [1.165, 1.54) is 23.1 Å². The van der Waals surface area contributed by atoms with Gasteiger partial charge in [0, 0.05) is 11.1 Å². The number of benzene rings is 1. The lowest BCUT2D eigenvalue weighted by Gasteiger charge is -2.33. The molecule has 2 aliphatic rings. The molecule has 2 aliphatic heterocycles. The first kappa shape index (κ1) is 23.4. The number of nitro benzene ring substituents is 1. The summed E-state index contributed by atoms with van der Waals surface area (Å²) in [5.74, 6) is -0.0241. The number of fused-ring (bicyclic) bond motifs is 1. The zero-order valence-electron chi connectivity index (χ0n) is 18.2. The van der Waals surface area contributed by atoms with E-state index in [0.717, 1.165) is 11.8 Å². The standard InChI is InChI=1S/C22H18ClN5O5S/c1-10(2)32-21(29)18-11(3)26-22-27(20(25)17(9-24)34-22)19(18)16-7-6-15(33-16)13-5-4-12(23)8-14(13)28(30)31/h4-8,10,19H,25H2,1-3H3/t19-/m0/s1. The van der Waals surface area contributed by atoms with Crippen LogP contribution in [0.15, 0.2) is 61.7 Å². The molecule has 3 heterocycles. The van der Waals surface area contributed by atoms with Gasteiger partial charge in [-0.2, -0.15) is 5.26 Å². The number of nitrogens with zero attached hydrogens (tertiary/aromatic N) is 4. The summed E-state index contributed by atoms with van der Waals surface area (Å²) in [4.78, 5) is 30.3. The molecule has 0 radical (unpaired) electrons. The van der Waals surface area contributed by atoms with Crippen LogP contribution in [-0.2, 0) is 9.53 Å². The number of furan rings is 1. The Kier molecular flexibility index (Phi) is 6.12. The van der Waals surface area contributed by atoms with Gasteiger partial charge in [-0.15, -0.1) is 0 Å². The average molecular weight is 500 g/mol. The van der Waals surface area contributed by atoms with Gasteiger partial charge >= 0.3 is 5.97 Å². The first-order chi connectivity index (χ1) is 16.1. The number of nitriles is 1. The Hall–Kier alpha value is -3.75. The van der Waals surface area contributed by atoms with Gasteiger partial charge in [0.1, 0.15) is 34.4 Å². The summed E-state index contributed by atoms with van der Waals surface area (Å²) in [6.07, 6.45) is -0.391. The second-order valence-corrected chi connectivity index (χ2v) is 9.08. The Balaban J connectivity index is 1.86. The number of thioether (sulfide) groups is 1. The molecule has 2 aromatic rings. The van der Waals surface area contributed by atoms with E-state index in [1.54, 1.807) is 32.9 Å². The fourth-order valence-electron chi connectivity index (χ4n) is 3.66. The predicted molar refractivity (Wildman–Crippen MR) is 126 cm³/mol. The number of allylic oxidation sites excluding steroid dienone is 2. The maximum atomic E-state index is 13.1. The third kappa shape index (κ3) is 4.02. The van der Waals surface area contributed by atoms with Crippen LogP contribution in [0.3, 0.4) is 0 Å². The molecule has 0 fully saturated rings. The van der Waals surface area contributed by atoms with Gasteiger partial charge in [-0.1, -0.05) is 11.6 Å². The highest BCUT2D eigenvalue weighted by Crippen LogP contribution is 2.46. The van der Waals surface area contributed by atoms with Gasteiger partial charge in [-0.05, 0) is 56.8 Å². The largest absolute Gasteiger partial charge is 0.459 e. The molecule has 10 nitrogen and oxygen atoms in total. The highest BCUT2D eigenvalue weighted by Gasteiger charge is 2.44. The normalized spacial score (nSPS) is 17.6. The predicted octanol–water partition coefficient (Wildman–Crippen LogP) is 4.84. The van der Waals surface area contributed by atoms with Gasteiger partial charge in [-0.25, -0.2) is 9.79 Å². The molecule has 0 spiro atoms. The van der Waals surface area contributed by atoms with Gasteiger partial charge in [0.25, 0.3) is 5.69 Å². The van der Waals surface area contributed by atoms with Crippen molar-refractivity contribution in [1.82, 2.24) is 4.90 Å². The molecule has 0 saturated heterocycles. The molecule has 0 unspecified atom stereocenters. The molecule has 4 rings (SSSR count). The van der Waals surface area contributed by atoms with Crippen LogP contribution in [0, 0.1) is 21.4 Å². The fraction of sp³-hybridized carbons (Fsp3) is 0.227. The summed E-state index contributed by atoms with van der Waals surface area (Å²) in [5, 5.41) is 21.6. The molecule has 1 atom stereocenters. The number of esters is 1. The minimum Gasteiger partial charge on any atom is -0.459 e. The number of ether oxygens (including phenoxy) is 1. The number of hydrogen-bond donors (Lipinski definition) is 1. The third-order valence-corrected chi connectivity index (χ3v) is 6.27. The van der Waals surface area contributed by atoms with Crippen molar-refractivity contribution >= 4 is 40.2 Å². The molecule has 0 aliphatic carbocycles. The Bertz CT molecular complexity index is 1350. The molecular weight excluding hydrogens is 482 g/mol. The molecule has 12 heteroatoms. The van der Waals surface area contributed by atoms with Crippen molar-refractivity contribution < 1.29 is 18.9 Å². The van der Waals surface area contributed by atoms with Crippen LogP contribution in [0.4, 0.5) is 5.69 Å². The summed E-state index contributed by atoms with van der Waals surface area (Å²) in [5.41, 5.74) is 6.80. The van der Waals surface area contributed by atoms with E-state index in [4.69, 9.17) is 26.5 Å². The average Bonchev–Trinajstić information content (AvgIpc) is 3.37. The number of amidine groups is 1. The molecular formula is C22H18ClN5O5S. The second kappa shape index (κ2) is 8.89. The SMILES string of the molecule is CC1=C(C(=O)OC(C)C)[C@H](c2ccc(-c3ccc(Cl)cc3[N+](=O)[O-])o2)N2C(=N1)SC(C#N)=C2N. The van der Waals surface area contributed by atoms with Crippen molar-refractivity contribution in [3.8, 4) is 17.4 Å². The van der Waals surface area contributed by atoms with E-state index < -0.39 is 23.0 Å². The quantitative estimate of drug-likeness (QED) is 0.346. The van der Waals surface area contributed by atoms with Crippen molar-refractivity contribution in [2.24, 2.45) is 10.7 Å². The first-order valence-electron chi connectivity index (χ1n) is 10.0. The van der Waals surface area contributed by atoms with E-state index in [1.807, 2.05) is 6.07 Å². The Morgan fingerprint density at radius 2 is 2.15 bits per heavy atom. The van der Waals surface area contributed by atoms with Crippen LogP contribution in [0.2, 0.25) is 5.02 Å².